The molecular weight excluding hydrogens is 172 g/mol. The number of rotatable bonds is 3. The van der Waals surface area contributed by atoms with E-state index in [4.69, 9.17) is 0 Å². The molecule has 0 heterocycles. The Morgan fingerprint density at radius 1 is 1.43 bits per heavy atom. The third kappa shape index (κ3) is 2.14. The third-order valence-corrected chi connectivity index (χ3v) is 3.09. The van der Waals surface area contributed by atoms with Crippen LogP contribution in [0.25, 0.3) is 0 Å². The molecule has 0 aromatic heterocycles. The van der Waals surface area contributed by atoms with Gasteiger partial charge in [-0.3, -0.25) is 4.79 Å². The summed E-state index contributed by atoms with van der Waals surface area (Å²) in [4.78, 5) is 12.1. The van der Waals surface area contributed by atoms with Crippen molar-refractivity contribution in [3.63, 3.8) is 0 Å². The van der Waals surface area contributed by atoms with Crippen molar-refractivity contribution < 1.29 is 4.79 Å². The predicted octanol–water partition coefficient (Wildman–Crippen LogP) is 3.37. The molecule has 14 heavy (non-hydrogen) atoms. The Balaban J connectivity index is 2.79. The second-order valence-corrected chi connectivity index (χ2v) is 4.84. The highest BCUT2D eigenvalue weighted by Gasteiger charge is 2.35. The molecule has 0 spiro atoms. The standard InChI is InChI=1S/C13H20O/c1-10(2)9-12(14)13(4)8-6-5-7-11(13)3/h5-8,10-11H,9H2,1-4H3. The minimum Gasteiger partial charge on any atom is -0.299 e. The van der Waals surface area contributed by atoms with Crippen molar-refractivity contribution in [1.82, 2.24) is 0 Å². The summed E-state index contributed by atoms with van der Waals surface area (Å²) in [5, 5.41) is 0. The first-order valence-corrected chi connectivity index (χ1v) is 5.36. The SMILES string of the molecule is CC(C)CC(=O)C1(C)C=CC=CC1C. The van der Waals surface area contributed by atoms with Gasteiger partial charge in [-0.15, -0.1) is 0 Å². The number of allylic oxidation sites excluding steroid dienone is 4. The third-order valence-electron chi connectivity index (χ3n) is 3.09. The summed E-state index contributed by atoms with van der Waals surface area (Å²) in [6, 6.07) is 0. The first-order chi connectivity index (χ1) is 6.47. The zero-order valence-electron chi connectivity index (χ0n) is 9.58. The van der Waals surface area contributed by atoms with E-state index < -0.39 is 0 Å². The average Bonchev–Trinajstić information content (AvgIpc) is 2.09. The maximum Gasteiger partial charge on any atom is 0.143 e. The van der Waals surface area contributed by atoms with E-state index in [2.05, 4.69) is 26.8 Å². The number of carbonyl (C=O) groups is 1. The van der Waals surface area contributed by atoms with Crippen molar-refractivity contribution in [1.29, 1.82) is 0 Å². The Kier molecular flexibility index (Phi) is 3.30. The molecule has 0 saturated carbocycles. The molecule has 0 radical (unpaired) electrons. The molecule has 2 unspecified atom stereocenters. The van der Waals surface area contributed by atoms with Gasteiger partial charge in [-0.2, -0.15) is 0 Å². The topological polar surface area (TPSA) is 17.1 Å². The number of ketones is 1. The fourth-order valence-corrected chi connectivity index (χ4v) is 1.78. The largest absolute Gasteiger partial charge is 0.299 e. The van der Waals surface area contributed by atoms with Gasteiger partial charge in [-0.1, -0.05) is 45.1 Å². The molecular formula is C13H20O. The Bertz CT molecular complexity index is 273. The molecule has 1 rings (SSSR count). The van der Waals surface area contributed by atoms with Crippen molar-refractivity contribution >= 4 is 5.78 Å². The van der Waals surface area contributed by atoms with Crippen molar-refractivity contribution in [2.24, 2.45) is 17.3 Å². The van der Waals surface area contributed by atoms with Gasteiger partial charge in [0.1, 0.15) is 5.78 Å². The van der Waals surface area contributed by atoms with Gasteiger partial charge in [0.05, 0.1) is 5.41 Å². The fourth-order valence-electron chi connectivity index (χ4n) is 1.78. The average molecular weight is 192 g/mol. The number of hydrogen-bond donors (Lipinski definition) is 0. The molecule has 0 N–H and O–H groups in total. The lowest BCUT2D eigenvalue weighted by Gasteiger charge is -2.32. The van der Waals surface area contributed by atoms with E-state index in [1.54, 1.807) is 0 Å². The van der Waals surface area contributed by atoms with E-state index in [0.29, 0.717) is 24.0 Å². The van der Waals surface area contributed by atoms with E-state index in [-0.39, 0.29) is 5.41 Å². The highest BCUT2D eigenvalue weighted by atomic mass is 16.1. The molecule has 0 aromatic rings. The van der Waals surface area contributed by atoms with Gasteiger partial charge in [0.25, 0.3) is 0 Å². The molecule has 0 saturated heterocycles. The molecule has 0 bridgehead atoms. The van der Waals surface area contributed by atoms with E-state index in [9.17, 15) is 4.79 Å². The molecule has 2 atom stereocenters. The lowest BCUT2D eigenvalue weighted by atomic mass is 9.70. The Hall–Kier alpha value is -0.850. The van der Waals surface area contributed by atoms with Crippen LogP contribution in [0, 0.1) is 17.3 Å². The fraction of sp³-hybridized carbons (Fsp3) is 0.615. The zero-order valence-corrected chi connectivity index (χ0v) is 9.58. The van der Waals surface area contributed by atoms with E-state index in [1.165, 1.54) is 0 Å². The van der Waals surface area contributed by atoms with Gasteiger partial charge in [0, 0.05) is 6.42 Å². The smallest absolute Gasteiger partial charge is 0.143 e. The van der Waals surface area contributed by atoms with Crippen LogP contribution < -0.4 is 0 Å². The van der Waals surface area contributed by atoms with Gasteiger partial charge in [0.2, 0.25) is 0 Å². The first-order valence-electron chi connectivity index (χ1n) is 5.36. The molecule has 1 aliphatic rings. The summed E-state index contributed by atoms with van der Waals surface area (Å²) in [6.45, 7) is 8.34. The number of Topliss-reactive ketones (excluding diaryl/α,β-unsaturated/α-hetero) is 1. The molecule has 0 aliphatic heterocycles. The van der Waals surface area contributed by atoms with Crippen LogP contribution in [0.2, 0.25) is 0 Å². The number of carbonyl (C=O) groups excluding carboxylic acids is 1. The van der Waals surface area contributed by atoms with Crippen LogP contribution >= 0.6 is 0 Å². The quantitative estimate of drug-likeness (QED) is 0.670. The van der Waals surface area contributed by atoms with Crippen LogP contribution in [0.1, 0.15) is 34.1 Å². The molecule has 1 nitrogen and oxygen atoms in total. The van der Waals surface area contributed by atoms with Crippen molar-refractivity contribution in [3.8, 4) is 0 Å². The van der Waals surface area contributed by atoms with Gasteiger partial charge in [-0.05, 0) is 18.8 Å². The summed E-state index contributed by atoms with van der Waals surface area (Å²) in [6.07, 6.45) is 8.84. The van der Waals surface area contributed by atoms with Crippen LogP contribution in [0.4, 0.5) is 0 Å². The zero-order chi connectivity index (χ0) is 10.8. The van der Waals surface area contributed by atoms with Gasteiger partial charge in [0.15, 0.2) is 0 Å². The predicted molar refractivity (Wildman–Crippen MR) is 60.0 cm³/mol. The van der Waals surface area contributed by atoms with E-state index >= 15 is 0 Å². The lowest BCUT2D eigenvalue weighted by molar-refractivity contribution is -0.127. The highest BCUT2D eigenvalue weighted by Crippen LogP contribution is 2.35. The van der Waals surface area contributed by atoms with Crippen LogP contribution in [-0.4, -0.2) is 5.78 Å². The lowest BCUT2D eigenvalue weighted by Crippen LogP contribution is -2.33. The van der Waals surface area contributed by atoms with Crippen molar-refractivity contribution in [2.45, 2.75) is 34.1 Å². The first kappa shape index (κ1) is 11.2. The minimum absolute atomic E-state index is 0.279. The Labute approximate surface area is 86.9 Å². The maximum atomic E-state index is 12.1. The van der Waals surface area contributed by atoms with Crippen LogP contribution in [0.3, 0.4) is 0 Å². The van der Waals surface area contributed by atoms with E-state index in [0.717, 1.165) is 0 Å². The Morgan fingerprint density at radius 3 is 2.57 bits per heavy atom. The van der Waals surface area contributed by atoms with Crippen LogP contribution in [0.15, 0.2) is 24.3 Å². The van der Waals surface area contributed by atoms with Crippen molar-refractivity contribution in [2.75, 3.05) is 0 Å². The second-order valence-electron chi connectivity index (χ2n) is 4.84. The highest BCUT2D eigenvalue weighted by molar-refractivity contribution is 5.87. The van der Waals surface area contributed by atoms with E-state index in [1.807, 2.05) is 25.2 Å². The van der Waals surface area contributed by atoms with Gasteiger partial charge >= 0.3 is 0 Å². The Morgan fingerprint density at radius 2 is 2.07 bits per heavy atom. The normalized spacial score (nSPS) is 31.1. The molecule has 78 valence electrons. The minimum atomic E-state index is -0.279. The summed E-state index contributed by atoms with van der Waals surface area (Å²) in [5.74, 6) is 1.13. The van der Waals surface area contributed by atoms with Crippen LogP contribution in [-0.2, 0) is 4.79 Å². The summed E-state index contributed by atoms with van der Waals surface area (Å²) >= 11 is 0. The number of hydrogen-bond acceptors (Lipinski definition) is 1. The molecule has 1 aliphatic carbocycles. The summed E-state index contributed by atoms with van der Waals surface area (Å²) in [7, 11) is 0. The molecule has 0 fully saturated rings. The van der Waals surface area contributed by atoms with Gasteiger partial charge in [-0.25, -0.2) is 0 Å². The maximum absolute atomic E-state index is 12.1. The second kappa shape index (κ2) is 4.12. The van der Waals surface area contributed by atoms with Crippen LogP contribution in [0.5, 0.6) is 0 Å². The van der Waals surface area contributed by atoms with Gasteiger partial charge < -0.3 is 0 Å². The van der Waals surface area contributed by atoms with Crippen molar-refractivity contribution in [3.05, 3.63) is 24.3 Å². The monoisotopic (exact) mass is 192 g/mol. The molecule has 0 amide bonds. The molecule has 0 aromatic carbocycles. The summed E-state index contributed by atoms with van der Waals surface area (Å²) < 4.78 is 0. The molecule has 1 heteroatoms. The summed E-state index contributed by atoms with van der Waals surface area (Å²) in [5.41, 5.74) is -0.279.